The molecule has 1 aliphatic rings. The minimum absolute atomic E-state index is 0.223. The molecule has 1 saturated heterocycles. The predicted molar refractivity (Wildman–Crippen MR) is 90.2 cm³/mol. The standard InChI is InChI=1S/C17H27ClN2O/c1-13(2)11-17(21)12-19-15-7-9-20(10-8-15)16-5-3-14(18)4-6-16/h3-6,13,15,17,19,21H,7-12H2,1-2H3. The third-order valence-corrected chi connectivity index (χ3v) is 4.32. The molecule has 0 aliphatic carbocycles. The summed E-state index contributed by atoms with van der Waals surface area (Å²) in [6.07, 6.45) is 2.89. The number of rotatable bonds is 6. The van der Waals surface area contributed by atoms with Gasteiger partial charge < -0.3 is 15.3 Å². The van der Waals surface area contributed by atoms with Crippen molar-refractivity contribution in [1.82, 2.24) is 5.32 Å². The molecule has 4 heteroatoms. The molecule has 0 amide bonds. The van der Waals surface area contributed by atoms with E-state index in [9.17, 15) is 5.11 Å². The smallest absolute Gasteiger partial charge is 0.0667 e. The van der Waals surface area contributed by atoms with Crippen LogP contribution in [0.2, 0.25) is 5.02 Å². The maximum atomic E-state index is 9.92. The first-order chi connectivity index (χ1) is 10.0. The zero-order valence-electron chi connectivity index (χ0n) is 13.1. The number of hydrogen-bond acceptors (Lipinski definition) is 3. The largest absolute Gasteiger partial charge is 0.392 e. The number of nitrogens with zero attached hydrogens (tertiary/aromatic N) is 1. The van der Waals surface area contributed by atoms with Crippen LogP contribution < -0.4 is 10.2 Å². The van der Waals surface area contributed by atoms with Crippen molar-refractivity contribution in [3.63, 3.8) is 0 Å². The summed E-state index contributed by atoms with van der Waals surface area (Å²) >= 11 is 5.93. The lowest BCUT2D eigenvalue weighted by Crippen LogP contribution is -2.44. The summed E-state index contributed by atoms with van der Waals surface area (Å²) in [5, 5.41) is 14.2. The first-order valence-corrected chi connectivity index (χ1v) is 8.34. The fourth-order valence-electron chi connectivity index (χ4n) is 2.92. The van der Waals surface area contributed by atoms with Gasteiger partial charge in [-0.05, 0) is 49.4 Å². The summed E-state index contributed by atoms with van der Waals surface area (Å²) in [5.41, 5.74) is 1.25. The van der Waals surface area contributed by atoms with E-state index in [1.807, 2.05) is 12.1 Å². The van der Waals surface area contributed by atoms with Crippen molar-refractivity contribution in [1.29, 1.82) is 0 Å². The fourth-order valence-corrected chi connectivity index (χ4v) is 3.05. The monoisotopic (exact) mass is 310 g/mol. The van der Waals surface area contributed by atoms with Gasteiger partial charge in [0.1, 0.15) is 0 Å². The van der Waals surface area contributed by atoms with Gasteiger partial charge in [-0.1, -0.05) is 25.4 Å². The number of piperidine rings is 1. The van der Waals surface area contributed by atoms with Crippen molar-refractivity contribution in [3.8, 4) is 0 Å². The Bertz CT molecular complexity index is 413. The molecule has 0 bridgehead atoms. The van der Waals surface area contributed by atoms with Crippen molar-refractivity contribution < 1.29 is 5.11 Å². The number of aliphatic hydroxyl groups is 1. The summed E-state index contributed by atoms with van der Waals surface area (Å²) in [5.74, 6) is 0.550. The maximum absolute atomic E-state index is 9.92. The van der Waals surface area contributed by atoms with Crippen LogP contribution in [0.4, 0.5) is 5.69 Å². The van der Waals surface area contributed by atoms with E-state index >= 15 is 0 Å². The molecule has 1 atom stereocenters. The van der Waals surface area contributed by atoms with E-state index in [2.05, 4.69) is 36.2 Å². The fraction of sp³-hybridized carbons (Fsp3) is 0.647. The lowest BCUT2D eigenvalue weighted by atomic mass is 10.0. The van der Waals surface area contributed by atoms with Crippen molar-refractivity contribution >= 4 is 17.3 Å². The van der Waals surface area contributed by atoms with Crippen LogP contribution in [-0.2, 0) is 0 Å². The molecule has 118 valence electrons. The van der Waals surface area contributed by atoms with Gasteiger partial charge in [0, 0.05) is 36.4 Å². The first-order valence-electron chi connectivity index (χ1n) is 7.96. The van der Waals surface area contributed by atoms with E-state index in [0.717, 1.165) is 37.4 Å². The first kappa shape index (κ1) is 16.6. The SMILES string of the molecule is CC(C)CC(O)CNC1CCN(c2ccc(Cl)cc2)CC1. The quantitative estimate of drug-likeness (QED) is 0.846. The molecule has 3 nitrogen and oxygen atoms in total. The Hall–Kier alpha value is -0.770. The number of halogens is 1. The van der Waals surface area contributed by atoms with Crippen molar-refractivity contribution in [2.24, 2.45) is 5.92 Å². The second kappa shape index (κ2) is 8.02. The molecule has 1 unspecified atom stereocenters. The minimum Gasteiger partial charge on any atom is -0.392 e. The summed E-state index contributed by atoms with van der Waals surface area (Å²) in [6.45, 7) is 7.12. The molecule has 21 heavy (non-hydrogen) atoms. The predicted octanol–water partition coefficient (Wildman–Crippen LogP) is 3.31. The molecule has 1 fully saturated rings. The Morgan fingerprint density at radius 1 is 1.24 bits per heavy atom. The van der Waals surface area contributed by atoms with Crippen LogP contribution in [0.25, 0.3) is 0 Å². The molecular weight excluding hydrogens is 284 g/mol. The zero-order chi connectivity index (χ0) is 15.2. The van der Waals surface area contributed by atoms with Crippen LogP contribution in [0.15, 0.2) is 24.3 Å². The zero-order valence-corrected chi connectivity index (χ0v) is 13.8. The molecule has 2 rings (SSSR count). The van der Waals surface area contributed by atoms with Crippen molar-refractivity contribution in [2.45, 2.75) is 45.3 Å². The number of nitrogens with one attached hydrogen (secondary N) is 1. The molecule has 0 aromatic heterocycles. The molecule has 0 spiro atoms. The van der Waals surface area contributed by atoms with Gasteiger partial charge in [0.25, 0.3) is 0 Å². The van der Waals surface area contributed by atoms with Gasteiger partial charge in [-0.3, -0.25) is 0 Å². The van der Waals surface area contributed by atoms with Gasteiger partial charge in [-0.2, -0.15) is 0 Å². The lowest BCUT2D eigenvalue weighted by Gasteiger charge is -2.34. The van der Waals surface area contributed by atoms with E-state index in [-0.39, 0.29) is 6.10 Å². The summed E-state index contributed by atoms with van der Waals surface area (Å²) in [7, 11) is 0. The Balaban J connectivity index is 1.72. The Morgan fingerprint density at radius 3 is 2.43 bits per heavy atom. The Morgan fingerprint density at radius 2 is 1.86 bits per heavy atom. The van der Waals surface area contributed by atoms with Gasteiger partial charge in [0.05, 0.1) is 6.10 Å². The Labute approximate surface area is 133 Å². The van der Waals surface area contributed by atoms with E-state index in [1.54, 1.807) is 0 Å². The highest BCUT2D eigenvalue weighted by atomic mass is 35.5. The lowest BCUT2D eigenvalue weighted by molar-refractivity contribution is 0.140. The highest BCUT2D eigenvalue weighted by Crippen LogP contribution is 2.22. The summed E-state index contributed by atoms with van der Waals surface area (Å²) in [6, 6.07) is 8.59. The van der Waals surface area contributed by atoms with Gasteiger partial charge in [0.2, 0.25) is 0 Å². The average molecular weight is 311 g/mol. The average Bonchev–Trinajstić information content (AvgIpc) is 2.46. The van der Waals surface area contributed by atoms with Crippen molar-refractivity contribution in [3.05, 3.63) is 29.3 Å². The third-order valence-electron chi connectivity index (χ3n) is 4.07. The van der Waals surface area contributed by atoms with E-state index in [1.165, 1.54) is 5.69 Å². The maximum Gasteiger partial charge on any atom is 0.0667 e. The van der Waals surface area contributed by atoms with Gasteiger partial charge in [-0.25, -0.2) is 0 Å². The van der Waals surface area contributed by atoms with E-state index in [0.29, 0.717) is 18.5 Å². The normalized spacial score (nSPS) is 18.2. The van der Waals surface area contributed by atoms with Crippen LogP contribution in [0, 0.1) is 5.92 Å². The van der Waals surface area contributed by atoms with Gasteiger partial charge >= 0.3 is 0 Å². The number of hydrogen-bond donors (Lipinski definition) is 2. The molecule has 0 radical (unpaired) electrons. The van der Waals surface area contributed by atoms with Crippen LogP contribution in [0.1, 0.15) is 33.1 Å². The van der Waals surface area contributed by atoms with E-state index < -0.39 is 0 Å². The van der Waals surface area contributed by atoms with Crippen LogP contribution in [0.5, 0.6) is 0 Å². The number of anilines is 1. The minimum atomic E-state index is -0.223. The van der Waals surface area contributed by atoms with Gasteiger partial charge in [-0.15, -0.1) is 0 Å². The molecule has 2 N–H and O–H groups in total. The number of aliphatic hydroxyl groups excluding tert-OH is 1. The molecule has 1 aromatic carbocycles. The molecule has 1 heterocycles. The van der Waals surface area contributed by atoms with Crippen LogP contribution in [-0.4, -0.2) is 36.9 Å². The second-order valence-corrected chi connectivity index (χ2v) is 6.87. The highest BCUT2D eigenvalue weighted by Gasteiger charge is 2.19. The third kappa shape index (κ3) is 5.50. The van der Waals surface area contributed by atoms with Crippen LogP contribution >= 0.6 is 11.6 Å². The highest BCUT2D eigenvalue weighted by molar-refractivity contribution is 6.30. The topological polar surface area (TPSA) is 35.5 Å². The second-order valence-electron chi connectivity index (χ2n) is 6.43. The Kier molecular flexibility index (Phi) is 6.34. The molecule has 1 aliphatic heterocycles. The van der Waals surface area contributed by atoms with Crippen molar-refractivity contribution in [2.75, 3.05) is 24.5 Å². The summed E-state index contributed by atoms with van der Waals surface area (Å²) in [4.78, 5) is 2.40. The number of benzene rings is 1. The van der Waals surface area contributed by atoms with Crippen LogP contribution in [0.3, 0.4) is 0 Å². The molecular formula is C17H27ClN2O. The molecule has 0 saturated carbocycles. The van der Waals surface area contributed by atoms with E-state index in [4.69, 9.17) is 11.6 Å². The van der Waals surface area contributed by atoms with Gasteiger partial charge in [0.15, 0.2) is 0 Å². The molecule has 1 aromatic rings. The summed E-state index contributed by atoms with van der Waals surface area (Å²) < 4.78 is 0.